The zero-order chi connectivity index (χ0) is 13.7. The lowest BCUT2D eigenvalue weighted by atomic mass is 10.0. The molecule has 100 valence electrons. The van der Waals surface area contributed by atoms with Gasteiger partial charge in [-0.3, -0.25) is 0 Å². The molecule has 0 aromatic carbocycles. The van der Waals surface area contributed by atoms with E-state index in [1.54, 1.807) is 0 Å². The lowest BCUT2D eigenvalue weighted by Gasteiger charge is -2.14. The Bertz CT molecular complexity index is 362. The summed E-state index contributed by atoms with van der Waals surface area (Å²) in [6, 6.07) is 0.307. The minimum Gasteiger partial charge on any atom is -0.307 e. The van der Waals surface area contributed by atoms with Gasteiger partial charge in [0.25, 0.3) is 0 Å². The molecule has 0 saturated heterocycles. The summed E-state index contributed by atoms with van der Waals surface area (Å²) < 4.78 is 0. The molecule has 0 spiro atoms. The van der Waals surface area contributed by atoms with Crippen molar-refractivity contribution < 1.29 is 0 Å². The Kier molecular flexibility index (Phi) is 5.61. The van der Waals surface area contributed by atoms with Crippen molar-refractivity contribution in [2.45, 2.75) is 33.7 Å². The first kappa shape index (κ1) is 15.0. The lowest BCUT2D eigenvalue weighted by molar-refractivity contribution is 0.675. The number of rotatable bonds is 7. The van der Waals surface area contributed by atoms with Crippen molar-refractivity contribution in [3.63, 3.8) is 0 Å². The predicted molar refractivity (Wildman–Crippen MR) is 81.5 cm³/mol. The molecule has 0 heterocycles. The summed E-state index contributed by atoms with van der Waals surface area (Å²) in [5.41, 5.74) is 2.76. The number of allylic oxidation sites excluding steroid dienone is 4. The summed E-state index contributed by atoms with van der Waals surface area (Å²) in [7, 11) is 0. The summed E-state index contributed by atoms with van der Waals surface area (Å²) in [5, 5.41) is 3.43. The van der Waals surface area contributed by atoms with Crippen molar-refractivity contribution in [3.05, 3.63) is 48.6 Å². The number of likely N-dealkylation sites (N-methyl/N-ethyl adjacent to an activating group) is 1. The minimum absolute atomic E-state index is 0.307. The smallest absolute Gasteiger partial charge is 0.0460 e. The molecule has 0 aromatic rings. The van der Waals surface area contributed by atoms with Gasteiger partial charge in [-0.15, -0.1) is 6.58 Å². The van der Waals surface area contributed by atoms with E-state index in [9.17, 15) is 0 Å². The first-order valence-electron chi connectivity index (χ1n) is 6.93. The standard InChI is InChI=1S/C17H27N/c1-7-14(8-2)17-13(6)15(17)11-12(5)16(9-3)18-10-4/h7-9,11,13,15-18H,1,3,10H2,2,4-6H3/b12-11+,14-8+/t13-,15?,16?,17?/m1/s1. The second-order valence-corrected chi connectivity index (χ2v) is 5.14. The number of nitrogens with one attached hydrogen (secondary N) is 1. The van der Waals surface area contributed by atoms with Gasteiger partial charge in [-0.25, -0.2) is 0 Å². The maximum absolute atomic E-state index is 3.90. The van der Waals surface area contributed by atoms with E-state index in [2.05, 4.69) is 58.3 Å². The van der Waals surface area contributed by atoms with Crippen molar-refractivity contribution in [1.29, 1.82) is 0 Å². The molecule has 3 unspecified atom stereocenters. The van der Waals surface area contributed by atoms with Gasteiger partial charge in [0.2, 0.25) is 0 Å². The zero-order valence-corrected chi connectivity index (χ0v) is 12.2. The first-order valence-corrected chi connectivity index (χ1v) is 6.93. The Morgan fingerprint density at radius 1 is 1.39 bits per heavy atom. The maximum atomic E-state index is 3.90. The highest BCUT2D eigenvalue weighted by molar-refractivity contribution is 5.32. The molecule has 0 amide bonds. The average molecular weight is 245 g/mol. The molecule has 1 aliphatic rings. The SMILES string of the molecule is C=C/C(=C\C)C1C(/C=C(\C)C(C=C)NCC)[C@H]1C. The second-order valence-electron chi connectivity index (χ2n) is 5.14. The molecule has 0 aromatic heterocycles. The van der Waals surface area contributed by atoms with Gasteiger partial charge >= 0.3 is 0 Å². The van der Waals surface area contributed by atoms with Gasteiger partial charge in [0.05, 0.1) is 0 Å². The van der Waals surface area contributed by atoms with Gasteiger partial charge in [-0.05, 0) is 43.7 Å². The zero-order valence-electron chi connectivity index (χ0n) is 12.2. The van der Waals surface area contributed by atoms with Gasteiger partial charge in [0.15, 0.2) is 0 Å². The van der Waals surface area contributed by atoms with Crippen LogP contribution in [0.1, 0.15) is 27.7 Å². The largest absolute Gasteiger partial charge is 0.307 e. The van der Waals surface area contributed by atoms with Crippen molar-refractivity contribution >= 4 is 0 Å². The van der Waals surface area contributed by atoms with Crippen molar-refractivity contribution in [2.75, 3.05) is 6.54 Å². The molecule has 1 heteroatoms. The van der Waals surface area contributed by atoms with Crippen LogP contribution in [0.4, 0.5) is 0 Å². The normalized spacial score (nSPS) is 29.9. The van der Waals surface area contributed by atoms with Gasteiger partial charge < -0.3 is 5.32 Å². The van der Waals surface area contributed by atoms with Gasteiger partial charge in [0.1, 0.15) is 0 Å². The predicted octanol–water partition coefficient (Wildman–Crippen LogP) is 4.11. The summed E-state index contributed by atoms with van der Waals surface area (Å²) in [4.78, 5) is 0. The van der Waals surface area contributed by atoms with Crippen LogP contribution in [-0.2, 0) is 0 Å². The highest BCUT2D eigenvalue weighted by Gasteiger charge is 2.46. The van der Waals surface area contributed by atoms with Crippen LogP contribution in [0.3, 0.4) is 0 Å². The van der Waals surface area contributed by atoms with E-state index < -0.39 is 0 Å². The quantitative estimate of drug-likeness (QED) is 0.526. The Hall–Kier alpha value is -1.08. The van der Waals surface area contributed by atoms with Gasteiger partial charge in [-0.2, -0.15) is 0 Å². The van der Waals surface area contributed by atoms with Crippen LogP contribution < -0.4 is 5.32 Å². The second kappa shape index (κ2) is 6.75. The maximum Gasteiger partial charge on any atom is 0.0460 e. The topological polar surface area (TPSA) is 12.0 Å². The molecule has 1 fully saturated rings. The van der Waals surface area contributed by atoms with Gasteiger partial charge in [-0.1, -0.05) is 50.3 Å². The summed E-state index contributed by atoms with van der Waals surface area (Å²) >= 11 is 0. The number of hydrogen-bond donors (Lipinski definition) is 1. The molecule has 1 saturated carbocycles. The third-order valence-electron chi connectivity index (χ3n) is 4.01. The molecule has 1 N–H and O–H groups in total. The molecule has 1 aliphatic carbocycles. The van der Waals surface area contributed by atoms with E-state index >= 15 is 0 Å². The van der Waals surface area contributed by atoms with Gasteiger partial charge in [0, 0.05) is 6.04 Å². The highest BCUT2D eigenvalue weighted by Crippen LogP contribution is 2.52. The summed E-state index contributed by atoms with van der Waals surface area (Å²) in [6.45, 7) is 17.5. The van der Waals surface area contributed by atoms with Crippen LogP contribution in [0, 0.1) is 17.8 Å². The Morgan fingerprint density at radius 3 is 2.50 bits per heavy atom. The van der Waals surface area contributed by atoms with E-state index in [-0.39, 0.29) is 0 Å². The lowest BCUT2D eigenvalue weighted by Crippen LogP contribution is -2.27. The summed E-state index contributed by atoms with van der Waals surface area (Å²) in [6.07, 6.45) is 8.59. The van der Waals surface area contributed by atoms with Crippen molar-refractivity contribution in [2.24, 2.45) is 17.8 Å². The molecular weight excluding hydrogens is 218 g/mol. The Balaban J connectivity index is 2.73. The monoisotopic (exact) mass is 245 g/mol. The van der Waals surface area contributed by atoms with Crippen LogP contribution in [0.15, 0.2) is 48.6 Å². The molecule has 18 heavy (non-hydrogen) atoms. The average Bonchev–Trinajstić information content (AvgIpc) is 2.98. The summed E-state index contributed by atoms with van der Waals surface area (Å²) in [5.74, 6) is 2.06. The van der Waals surface area contributed by atoms with Crippen LogP contribution in [0.2, 0.25) is 0 Å². The van der Waals surface area contributed by atoms with Crippen LogP contribution in [0.5, 0.6) is 0 Å². The van der Waals surface area contributed by atoms with E-state index in [0.29, 0.717) is 17.9 Å². The first-order chi connectivity index (χ1) is 8.60. The fourth-order valence-electron chi connectivity index (χ4n) is 2.78. The molecular formula is C17H27N. The van der Waals surface area contributed by atoms with E-state index in [1.807, 2.05) is 12.2 Å². The minimum atomic E-state index is 0.307. The molecule has 4 atom stereocenters. The van der Waals surface area contributed by atoms with Crippen LogP contribution in [-0.4, -0.2) is 12.6 Å². The third kappa shape index (κ3) is 3.23. The molecule has 1 nitrogen and oxygen atoms in total. The van der Waals surface area contributed by atoms with E-state index in [1.165, 1.54) is 11.1 Å². The highest BCUT2D eigenvalue weighted by atomic mass is 14.9. The fraction of sp³-hybridized carbons (Fsp3) is 0.529. The Morgan fingerprint density at radius 2 is 2.06 bits per heavy atom. The van der Waals surface area contributed by atoms with Crippen molar-refractivity contribution in [3.8, 4) is 0 Å². The molecule has 0 radical (unpaired) electrons. The fourth-order valence-corrected chi connectivity index (χ4v) is 2.78. The molecule has 1 rings (SSSR count). The third-order valence-corrected chi connectivity index (χ3v) is 4.01. The van der Waals surface area contributed by atoms with E-state index in [4.69, 9.17) is 0 Å². The molecule has 0 bridgehead atoms. The Labute approximate surface area is 112 Å². The molecule has 0 aliphatic heterocycles. The van der Waals surface area contributed by atoms with Crippen LogP contribution >= 0.6 is 0 Å². The van der Waals surface area contributed by atoms with Crippen molar-refractivity contribution in [1.82, 2.24) is 5.32 Å². The van der Waals surface area contributed by atoms with E-state index in [0.717, 1.165) is 12.5 Å². The number of hydrogen-bond acceptors (Lipinski definition) is 1. The van der Waals surface area contributed by atoms with Crippen LogP contribution in [0.25, 0.3) is 0 Å².